The number of carbonyl (C=O) groups excluding carboxylic acids is 2. The summed E-state index contributed by atoms with van der Waals surface area (Å²) in [5, 5.41) is 0. The first-order valence-electron chi connectivity index (χ1n) is 5.84. The Balaban J connectivity index is 1.98. The first-order chi connectivity index (χ1) is 7.99. The third-order valence-corrected chi connectivity index (χ3v) is 4.15. The number of fused-ring (bicyclic) bond motifs is 2. The largest absolute Gasteiger partial charge is 0.458 e. The molecule has 0 unspecified atom stereocenters. The van der Waals surface area contributed by atoms with Gasteiger partial charge in [0.25, 0.3) is 0 Å². The Labute approximate surface area is 99.8 Å². The highest BCUT2D eigenvalue weighted by Gasteiger charge is 2.48. The van der Waals surface area contributed by atoms with Crippen LogP contribution in [0.3, 0.4) is 0 Å². The van der Waals surface area contributed by atoms with Gasteiger partial charge >= 0.3 is 5.97 Å². The zero-order valence-corrected chi connectivity index (χ0v) is 9.73. The Morgan fingerprint density at radius 3 is 3.00 bits per heavy atom. The average molecular weight is 230 g/mol. The number of ketones is 1. The van der Waals surface area contributed by atoms with Crippen LogP contribution >= 0.6 is 0 Å². The molecule has 0 radical (unpaired) electrons. The normalized spacial score (nSPS) is 39.6. The predicted molar refractivity (Wildman–Crippen MR) is 62.1 cm³/mol. The lowest BCUT2D eigenvalue weighted by Crippen LogP contribution is -2.36. The molecule has 3 nitrogen and oxygen atoms in total. The molecule has 17 heavy (non-hydrogen) atoms. The number of ether oxygens (including phenoxy) is 1. The van der Waals surface area contributed by atoms with Crippen LogP contribution in [0, 0.1) is 11.3 Å². The molecule has 3 aliphatic rings. The van der Waals surface area contributed by atoms with E-state index in [0.29, 0.717) is 12.0 Å². The minimum atomic E-state index is -0.279. The Kier molecular flexibility index (Phi) is 1.97. The molecule has 0 spiro atoms. The first-order valence-corrected chi connectivity index (χ1v) is 5.84. The van der Waals surface area contributed by atoms with Crippen LogP contribution in [0.25, 0.3) is 0 Å². The van der Waals surface area contributed by atoms with Crippen LogP contribution in [-0.4, -0.2) is 17.9 Å². The van der Waals surface area contributed by atoms with Crippen molar-refractivity contribution in [2.45, 2.75) is 25.9 Å². The molecule has 2 aliphatic carbocycles. The molecule has 0 aromatic heterocycles. The number of hydrogen-bond acceptors (Lipinski definition) is 3. The maximum atomic E-state index is 11.5. The van der Waals surface area contributed by atoms with Crippen molar-refractivity contribution in [3.63, 3.8) is 0 Å². The molecule has 0 N–H and O–H groups in total. The van der Waals surface area contributed by atoms with Gasteiger partial charge < -0.3 is 4.74 Å². The highest BCUT2D eigenvalue weighted by atomic mass is 16.6. The lowest BCUT2D eigenvalue weighted by molar-refractivity contribution is -0.140. The van der Waals surface area contributed by atoms with Gasteiger partial charge in [-0.15, -0.1) is 0 Å². The van der Waals surface area contributed by atoms with E-state index in [1.54, 1.807) is 12.2 Å². The van der Waals surface area contributed by atoms with E-state index in [4.69, 9.17) is 4.74 Å². The van der Waals surface area contributed by atoms with Crippen LogP contribution in [0.5, 0.6) is 0 Å². The molecule has 1 saturated heterocycles. The van der Waals surface area contributed by atoms with E-state index >= 15 is 0 Å². The van der Waals surface area contributed by atoms with Gasteiger partial charge in [-0.25, -0.2) is 4.79 Å². The summed E-state index contributed by atoms with van der Waals surface area (Å²) >= 11 is 0. The van der Waals surface area contributed by atoms with Crippen molar-refractivity contribution in [3.05, 3.63) is 36.0 Å². The molecule has 1 saturated carbocycles. The minimum Gasteiger partial charge on any atom is -0.458 e. The van der Waals surface area contributed by atoms with Crippen molar-refractivity contribution in [2.75, 3.05) is 0 Å². The molecule has 0 amide bonds. The lowest BCUT2D eigenvalue weighted by Gasteiger charge is -2.40. The summed E-state index contributed by atoms with van der Waals surface area (Å²) < 4.78 is 5.33. The lowest BCUT2D eigenvalue weighted by atomic mass is 9.64. The second kappa shape index (κ2) is 3.19. The predicted octanol–water partition coefficient (Wildman–Crippen LogP) is 1.95. The molecule has 3 rings (SSSR count). The van der Waals surface area contributed by atoms with Gasteiger partial charge in [0.2, 0.25) is 0 Å². The highest BCUT2D eigenvalue weighted by Crippen LogP contribution is 2.50. The van der Waals surface area contributed by atoms with E-state index in [0.717, 1.165) is 12.0 Å². The Bertz CT molecular complexity index is 498. The fourth-order valence-electron chi connectivity index (χ4n) is 3.01. The van der Waals surface area contributed by atoms with Gasteiger partial charge in [-0.1, -0.05) is 25.2 Å². The van der Waals surface area contributed by atoms with Crippen LogP contribution in [-0.2, 0) is 14.3 Å². The molecular formula is C14H14O3. The summed E-state index contributed by atoms with van der Waals surface area (Å²) in [5.41, 5.74) is 1.52. The molecule has 88 valence electrons. The minimum absolute atomic E-state index is 0.0341. The molecular weight excluding hydrogens is 216 g/mol. The second-order valence-electron chi connectivity index (χ2n) is 5.31. The highest BCUT2D eigenvalue weighted by molar-refractivity contribution is 6.01. The number of carbonyl (C=O) groups is 2. The van der Waals surface area contributed by atoms with E-state index in [1.165, 1.54) is 0 Å². The van der Waals surface area contributed by atoms with Crippen LogP contribution in [0.4, 0.5) is 0 Å². The smallest absolute Gasteiger partial charge is 0.334 e. The van der Waals surface area contributed by atoms with E-state index in [1.807, 2.05) is 6.08 Å². The number of hydrogen-bond donors (Lipinski definition) is 0. The Morgan fingerprint density at radius 2 is 2.24 bits per heavy atom. The summed E-state index contributed by atoms with van der Waals surface area (Å²) in [6.45, 7) is 5.88. The third-order valence-electron chi connectivity index (χ3n) is 4.15. The summed E-state index contributed by atoms with van der Waals surface area (Å²) in [5.74, 6) is -0.189. The van der Waals surface area contributed by atoms with Gasteiger partial charge in [0.1, 0.15) is 6.10 Å². The molecule has 1 heterocycles. The van der Waals surface area contributed by atoms with Crippen LogP contribution < -0.4 is 0 Å². The number of allylic oxidation sites excluding steroid dienone is 4. The zero-order valence-electron chi connectivity index (χ0n) is 9.73. The summed E-state index contributed by atoms with van der Waals surface area (Å²) in [6, 6.07) is 0. The van der Waals surface area contributed by atoms with Crippen LogP contribution in [0.1, 0.15) is 19.8 Å². The standard InChI is InChI=1S/C14H14O3/c1-8-11-6-9-5-10(15)3-4-14(9,2)7-12(11)17-13(8)16/h3-5,11-12H,1,6-7H2,2H3/t11-,12-,14-/m1/s1. The van der Waals surface area contributed by atoms with Crippen molar-refractivity contribution in [1.29, 1.82) is 0 Å². The fraction of sp³-hybridized carbons (Fsp3) is 0.429. The molecule has 2 fully saturated rings. The van der Waals surface area contributed by atoms with Gasteiger partial charge in [0.05, 0.1) is 0 Å². The topological polar surface area (TPSA) is 43.4 Å². The van der Waals surface area contributed by atoms with Gasteiger partial charge in [-0.2, -0.15) is 0 Å². The van der Waals surface area contributed by atoms with Gasteiger partial charge in [-0.05, 0) is 25.0 Å². The van der Waals surface area contributed by atoms with Crippen LogP contribution in [0.15, 0.2) is 36.0 Å². The zero-order chi connectivity index (χ0) is 12.2. The number of esters is 1. The Morgan fingerprint density at radius 1 is 1.47 bits per heavy atom. The quantitative estimate of drug-likeness (QED) is 0.472. The monoisotopic (exact) mass is 230 g/mol. The summed E-state index contributed by atoms with van der Waals surface area (Å²) in [4.78, 5) is 22.9. The van der Waals surface area contributed by atoms with E-state index in [2.05, 4.69) is 13.5 Å². The van der Waals surface area contributed by atoms with Gasteiger partial charge in [-0.3, -0.25) is 4.79 Å². The fourth-order valence-corrected chi connectivity index (χ4v) is 3.01. The molecule has 1 aliphatic heterocycles. The molecule has 3 atom stereocenters. The second-order valence-corrected chi connectivity index (χ2v) is 5.31. The van der Waals surface area contributed by atoms with Crippen molar-refractivity contribution in [3.8, 4) is 0 Å². The van der Waals surface area contributed by atoms with Crippen molar-refractivity contribution in [2.24, 2.45) is 11.3 Å². The van der Waals surface area contributed by atoms with E-state index in [9.17, 15) is 9.59 Å². The van der Waals surface area contributed by atoms with Gasteiger partial charge in [0, 0.05) is 16.9 Å². The molecule has 0 aromatic rings. The molecule has 0 bridgehead atoms. The maximum Gasteiger partial charge on any atom is 0.334 e. The first kappa shape index (κ1) is 10.5. The van der Waals surface area contributed by atoms with Crippen molar-refractivity contribution >= 4 is 11.8 Å². The SMILES string of the molecule is C=C1C(=O)O[C@@H]2C[C@@]3(C)C=CC(=O)C=C3C[C@H]12. The van der Waals surface area contributed by atoms with Gasteiger partial charge in [0.15, 0.2) is 5.78 Å². The third kappa shape index (κ3) is 1.42. The molecule has 3 heteroatoms. The van der Waals surface area contributed by atoms with Crippen LogP contribution in [0.2, 0.25) is 0 Å². The summed E-state index contributed by atoms with van der Waals surface area (Å²) in [6.07, 6.45) is 6.63. The molecule has 0 aromatic carbocycles. The van der Waals surface area contributed by atoms with Crippen molar-refractivity contribution < 1.29 is 14.3 Å². The van der Waals surface area contributed by atoms with E-state index < -0.39 is 0 Å². The average Bonchev–Trinajstić information content (AvgIpc) is 2.53. The van der Waals surface area contributed by atoms with E-state index in [-0.39, 0.29) is 29.2 Å². The summed E-state index contributed by atoms with van der Waals surface area (Å²) in [7, 11) is 0. The van der Waals surface area contributed by atoms with Crippen molar-refractivity contribution in [1.82, 2.24) is 0 Å². The maximum absolute atomic E-state index is 11.5. The number of rotatable bonds is 0. The Hall–Kier alpha value is -1.64.